The SMILES string of the molecule is COC(=O)Nc1ccc(S(=O)(=O)N2CCO[C@H](c3ccccc3)C2)cc1. The summed E-state index contributed by atoms with van der Waals surface area (Å²) in [4.78, 5) is 11.4. The number of methoxy groups -OCH3 is 1. The van der Waals surface area contributed by atoms with Gasteiger partial charge in [-0.2, -0.15) is 4.31 Å². The molecular weight excluding hydrogens is 356 g/mol. The summed E-state index contributed by atoms with van der Waals surface area (Å²) in [7, 11) is -2.38. The molecule has 7 nitrogen and oxygen atoms in total. The molecule has 1 aliphatic heterocycles. The molecule has 0 bridgehead atoms. The minimum Gasteiger partial charge on any atom is -0.453 e. The number of hydrogen-bond acceptors (Lipinski definition) is 5. The molecule has 3 rings (SSSR count). The smallest absolute Gasteiger partial charge is 0.411 e. The highest BCUT2D eigenvalue weighted by molar-refractivity contribution is 7.89. The van der Waals surface area contributed by atoms with E-state index in [1.165, 1.54) is 35.7 Å². The Balaban J connectivity index is 1.76. The quantitative estimate of drug-likeness (QED) is 0.887. The first-order valence-corrected chi connectivity index (χ1v) is 9.56. The van der Waals surface area contributed by atoms with Crippen LogP contribution in [-0.4, -0.2) is 45.6 Å². The molecule has 1 N–H and O–H groups in total. The number of amides is 1. The van der Waals surface area contributed by atoms with Crippen molar-refractivity contribution in [2.45, 2.75) is 11.0 Å². The highest BCUT2D eigenvalue weighted by Gasteiger charge is 2.31. The zero-order chi connectivity index (χ0) is 18.6. The summed E-state index contributed by atoms with van der Waals surface area (Å²) in [6.07, 6.45) is -0.903. The zero-order valence-electron chi connectivity index (χ0n) is 14.3. The molecule has 0 unspecified atom stereocenters. The molecule has 1 saturated heterocycles. The van der Waals surface area contributed by atoms with Gasteiger partial charge in [0.15, 0.2) is 0 Å². The van der Waals surface area contributed by atoms with Crippen LogP contribution in [0, 0.1) is 0 Å². The highest BCUT2D eigenvalue weighted by Crippen LogP contribution is 2.27. The number of anilines is 1. The van der Waals surface area contributed by atoms with Crippen LogP contribution in [0.4, 0.5) is 10.5 Å². The average molecular weight is 376 g/mol. The maximum absolute atomic E-state index is 12.9. The van der Waals surface area contributed by atoms with Gasteiger partial charge in [0.25, 0.3) is 0 Å². The van der Waals surface area contributed by atoms with Crippen molar-refractivity contribution in [1.29, 1.82) is 0 Å². The van der Waals surface area contributed by atoms with Crippen LogP contribution in [0.1, 0.15) is 11.7 Å². The molecule has 138 valence electrons. The Hall–Kier alpha value is -2.42. The fourth-order valence-corrected chi connectivity index (χ4v) is 4.17. The second kappa shape index (κ2) is 7.86. The molecule has 26 heavy (non-hydrogen) atoms. The van der Waals surface area contributed by atoms with Gasteiger partial charge in [0.05, 0.1) is 24.7 Å². The lowest BCUT2D eigenvalue weighted by atomic mass is 10.1. The molecule has 1 aliphatic rings. The minimum atomic E-state index is -3.64. The molecule has 1 amide bonds. The largest absolute Gasteiger partial charge is 0.453 e. The van der Waals surface area contributed by atoms with Gasteiger partial charge < -0.3 is 9.47 Å². The summed E-state index contributed by atoms with van der Waals surface area (Å²) < 4.78 is 37.5. The molecule has 1 fully saturated rings. The van der Waals surface area contributed by atoms with Crippen molar-refractivity contribution in [3.63, 3.8) is 0 Å². The van der Waals surface area contributed by atoms with E-state index in [0.717, 1.165) is 5.56 Å². The maximum atomic E-state index is 12.9. The van der Waals surface area contributed by atoms with Crippen molar-refractivity contribution < 1.29 is 22.7 Å². The lowest BCUT2D eigenvalue weighted by molar-refractivity contribution is -0.00255. The highest BCUT2D eigenvalue weighted by atomic mass is 32.2. The zero-order valence-corrected chi connectivity index (χ0v) is 15.1. The van der Waals surface area contributed by atoms with Crippen LogP contribution in [0.2, 0.25) is 0 Å². The number of morpholine rings is 1. The van der Waals surface area contributed by atoms with E-state index in [1.807, 2.05) is 30.3 Å². The minimum absolute atomic E-state index is 0.168. The number of hydrogen-bond donors (Lipinski definition) is 1. The van der Waals surface area contributed by atoms with Crippen LogP contribution in [0.5, 0.6) is 0 Å². The van der Waals surface area contributed by atoms with E-state index in [4.69, 9.17) is 4.74 Å². The van der Waals surface area contributed by atoms with Crippen LogP contribution >= 0.6 is 0 Å². The third-order valence-electron chi connectivity index (χ3n) is 4.12. The summed E-state index contributed by atoms with van der Waals surface area (Å²) in [6, 6.07) is 15.5. The van der Waals surface area contributed by atoms with Crippen molar-refractivity contribution in [2.24, 2.45) is 0 Å². The number of ether oxygens (including phenoxy) is 2. The lowest BCUT2D eigenvalue weighted by Gasteiger charge is -2.32. The molecule has 2 aromatic carbocycles. The maximum Gasteiger partial charge on any atom is 0.411 e. The van der Waals surface area contributed by atoms with E-state index in [2.05, 4.69) is 10.1 Å². The topological polar surface area (TPSA) is 84.9 Å². The molecule has 0 radical (unpaired) electrons. The second-order valence-electron chi connectivity index (χ2n) is 5.77. The number of rotatable bonds is 4. The number of carbonyl (C=O) groups excluding carboxylic acids is 1. The standard InChI is InChI=1S/C18H20N2O5S/c1-24-18(21)19-15-7-9-16(10-8-15)26(22,23)20-11-12-25-17(13-20)14-5-3-2-4-6-14/h2-10,17H,11-13H2,1H3,(H,19,21)/t17-/m0/s1. The van der Waals surface area contributed by atoms with Crippen LogP contribution in [-0.2, 0) is 19.5 Å². The fraction of sp³-hybridized carbons (Fsp3) is 0.278. The number of nitrogens with one attached hydrogen (secondary N) is 1. The number of carbonyl (C=O) groups is 1. The van der Waals surface area contributed by atoms with Crippen molar-refractivity contribution in [1.82, 2.24) is 4.31 Å². The lowest BCUT2D eigenvalue weighted by Crippen LogP contribution is -2.42. The van der Waals surface area contributed by atoms with E-state index >= 15 is 0 Å². The van der Waals surface area contributed by atoms with Gasteiger partial charge >= 0.3 is 6.09 Å². The van der Waals surface area contributed by atoms with Crippen molar-refractivity contribution >= 4 is 21.8 Å². The Morgan fingerprint density at radius 1 is 1.15 bits per heavy atom. The molecule has 0 aliphatic carbocycles. The van der Waals surface area contributed by atoms with Gasteiger partial charge in [0.2, 0.25) is 10.0 Å². The first kappa shape index (κ1) is 18.4. The fourth-order valence-electron chi connectivity index (χ4n) is 2.74. The van der Waals surface area contributed by atoms with Gasteiger partial charge in [-0.15, -0.1) is 0 Å². The van der Waals surface area contributed by atoms with Crippen LogP contribution in [0.3, 0.4) is 0 Å². The number of benzene rings is 2. The van der Waals surface area contributed by atoms with E-state index in [1.54, 1.807) is 0 Å². The summed E-state index contributed by atoms with van der Waals surface area (Å²) in [5, 5.41) is 2.49. The normalized spacial score (nSPS) is 18.3. The molecular formula is C18H20N2O5S. The van der Waals surface area contributed by atoms with Crippen molar-refractivity contribution in [3.8, 4) is 0 Å². The molecule has 0 saturated carbocycles. The van der Waals surface area contributed by atoms with Crippen LogP contribution in [0.15, 0.2) is 59.5 Å². The van der Waals surface area contributed by atoms with Crippen LogP contribution < -0.4 is 5.32 Å². The number of nitrogens with zero attached hydrogens (tertiary/aromatic N) is 1. The van der Waals surface area contributed by atoms with E-state index in [9.17, 15) is 13.2 Å². The molecule has 0 aromatic heterocycles. The average Bonchev–Trinajstić information content (AvgIpc) is 2.69. The number of sulfonamides is 1. The monoisotopic (exact) mass is 376 g/mol. The Morgan fingerprint density at radius 2 is 1.85 bits per heavy atom. The van der Waals surface area contributed by atoms with Crippen molar-refractivity contribution in [2.75, 3.05) is 32.1 Å². The molecule has 1 atom stereocenters. The predicted octanol–water partition coefficient (Wildman–Crippen LogP) is 2.63. The van der Waals surface area contributed by atoms with Gasteiger partial charge in [0.1, 0.15) is 0 Å². The summed E-state index contributed by atoms with van der Waals surface area (Å²) in [6.45, 7) is 0.892. The van der Waals surface area contributed by atoms with E-state index < -0.39 is 16.1 Å². The van der Waals surface area contributed by atoms with E-state index in [-0.39, 0.29) is 17.5 Å². The van der Waals surface area contributed by atoms with Gasteiger partial charge in [-0.25, -0.2) is 13.2 Å². The third-order valence-corrected chi connectivity index (χ3v) is 6.00. The van der Waals surface area contributed by atoms with Gasteiger partial charge in [0, 0.05) is 18.8 Å². The van der Waals surface area contributed by atoms with Gasteiger partial charge in [-0.1, -0.05) is 30.3 Å². The summed E-state index contributed by atoms with van der Waals surface area (Å²) in [5.41, 5.74) is 1.41. The first-order valence-electron chi connectivity index (χ1n) is 8.12. The third kappa shape index (κ3) is 4.04. The molecule has 1 heterocycles. The van der Waals surface area contributed by atoms with Crippen molar-refractivity contribution in [3.05, 3.63) is 60.2 Å². The van der Waals surface area contributed by atoms with Gasteiger partial charge in [-0.3, -0.25) is 5.32 Å². The first-order chi connectivity index (χ1) is 12.5. The van der Waals surface area contributed by atoms with E-state index in [0.29, 0.717) is 18.8 Å². The van der Waals surface area contributed by atoms with Crippen LogP contribution in [0.25, 0.3) is 0 Å². The second-order valence-corrected chi connectivity index (χ2v) is 7.71. The Kier molecular flexibility index (Phi) is 5.55. The molecule has 8 heteroatoms. The Bertz CT molecular complexity index is 853. The summed E-state index contributed by atoms with van der Waals surface area (Å²) in [5.74, 6) is 0. The Labute approximate surface area is 152 Å². The Morgan fingerprint density at radius 3 is 2.50 bits per heavy atom. The molecule has 0 spiro atoms. The van der Waals surface area contributed by atoms with Gasteiger partial charge in [-0.05, 0) is 29.8 Å². The molecule has 2 aromatic rings. The predicted molar refractivity (Wildman–Crippen MR) is 96.4 cm³/mol. The summed E-state index contributed by atoms with van der Waals surface area (Å²) >= 11 is 0.